The molecule has 2 N–H and O–H groups in total. The third kappa shape index (κ3) is 6.08. The zero-order valence-corrected chi connectivity index (χ0v) is 10.7. The molecule has 0 aliphatic carbocycles. The Morgan fingerprint density at radius 2 is 1.90 bits per heavy atom. The van der Waals surface area contributed by atoms with Crippen molar-refractivity contribution in [2.24, 2.45) is 5.73 Å². The number of nitrogens with two attached hydrogens (primary N) is 1. The van der Waals surface area contributed by atoms with Crippen molar-refractivity contribution in [2.75, 3.05) is 6.54 Å². The van der Waals surface area contributed by atoms with Crippen LogP contribution >= 0.6 is 17.8 Å². The molecule has 62 valence electrons. The van der Waals surface area contributed by atoms with Crippen LogP contribution in [-0.4, -0.2) is 22.7 Å². The summed E-state index contributed by atoms with van der Waals surface area (Å²) in [7, 11) is 12.2. The third-order valence-corrected chi connectivity index (χ3v) is 13.7. The van der Waals surface area contributed by atoms with E-state index in [9.17, 15) is 0 Å². The maximum absolute atomic E-state index is 6.09. The quantitative estimate of drug-likeness (QED) is 0.611. The van der Waals surface area contributed by atoms with Gasteiger partial charge in [0.2, 0.25) is 0 Å². The molecule has 0 aromatic heterocycles. The SMILES string of the molecule is C[CH2][Sn]([Cl])([Cl])[CH2]CCCN. The summed E-state index contributed by atoms with van der Waals surface area (Å²) >= 11 is -2.49. The van der Waals surface area contributed by atoms with Crippen LogP contribution < -0.4 is 5.73 Å². The Morgan fingerprint density at radius 3 is 2.30 bits per heavy atom. The molecule has 0 amide bonds. The maximum atomic E-state index is 6.09. The van der Waals surface area contributed by atoms with Gasteiger partial charge in [-0.15, -0.1) is 0 Å². The van der Waals surface area contributed by atoms with Gasteiger partial charge in [-0.1, -0.05) is 0 Å². The summed E-state index contributed by atoms with van der Waals surface area (Å²) in [6, 6.07) is 0. The summed E-state index contributed by atoms with van der Waals surface area (Å²) in [5, 5.41) is 0. The fourth-order valence-corrected chi connectivity index (χ4v) is 5.70. The van der Waals surface area contributed by atoms with E-state index in [1.54, 1.807) is 0 Å². The van der Waals surface area contributed by atoms with Crippen molar-refractivity contribution in [2.45, 2.75) is 28.6 Å². The van der Waals surface area contributed by atoms with Crippen LogP contribution in [0.5, 0.6) is 0 Å². The average Bonchev–Trinajstić information content (AvgIpc) is 1.89. The van der Waals surface area contributed by atoms with Crippen LogP contribution in [0.25, 0.3) is 0 Å². The minimum atomic E-state index is -2.49. The molecule has 1 nitrogen and oxygen atoms in total. The van der Waals surface area contributed by atoms with E-state index in [2.05, 4.69) is 6.92 Å². The normalized spacial score (nSPS) is 12.0. The van der Waals surface area contributed by atoms with Crippen LogP contribution in [0, 0.1) is 0 Å². The molecule has 0 bridgehead atoms. The number of unbranched alkanes of at least 4 members (excludes halogenated alkanes) is 1. The zero-order valence-electron chi connectivity index (χ0n) is 6.37. The Kier molecular flexibility index (Phi) is 6.72. The van der Waals surface area contributed by atoms with E-state index in [1.807, 2.05) is 0 Å². The average molecular weight is 291 g/mol. The first-order chi connectivity index (χ1) is 4.62. The van der Waals surface area contributed by atoms with E-state index >= 15 is 0 Å². The van der Waals surface area contributed by atoms with E-state index in [0.717, 1.165) is 28.3 Å². The van der Waals surface area contributed by atoms with Crippen LogP contribution in [0.4, 0.5) is 0 Å². The molecule has 0 aromatic rings. The van der Waals surface area contributed by atoms with Crippen molar-refractivity contribution in [1.29, 1.82) is 0 Å². The molecule has 0 spiro atoms. The van der Waals surface area contributed by atoms with Crippen LogP contribution in [0.1, 0.15) is 19.8 Å². The second-order valence-corrected chi connectivity index (χ2v) is 21.8. The summed E-state index contributed by atoms with van der Waals surface area (Å²) in [6.45, 7) is 2.85. The van der Waals surface area contributed by atoms with Crippen molar-refractivity contribution >= 4 is 34.0 Å². The Balaban J connectivity index is 3.28. The molecule has 0 aliphatic heterocycles. The minimum absolute atomic E-state index is 0.763. The van der Waals surface area contributed by atoms with Gasteiger partial charge >= 0.3 is 74.9 Å². The molecule has 0 saturated carbocycles. The molecule has 0 aliphatic rings. The number of rotatable bonds is 5. The van der Waals surface area contributed by atoms with Crippen molar-refractivity contribution in [3.63, 3.8) is 0 Å². The zero-order chi connectivity index (χ0) is 8.04. The van der Waals surface area contributed by atoms with Crippen LogP contribution in [-0.2, 0) is 0 Å². The molecule has 10 heavy (non-hydrogen) atoms. The monoisotopic (exact) mass is 291 g/mol. The van der Waals surface area contributed by atoms with E-state index in [0.29, 0.717) is 0 Å². The molecule has 0 aromatic carbocycles. The molecule has 0 saturated heterocycles. The van der Waals surface area contributed by atoms with E-state index < -0.39 is 16.1 Å². The summed E-state index contributed by atoms with van der Waals surface area (Å²) < 4.78 is 2.08. The second kappa shape index (κ2) is 5.92. The van der Waals surface area contributed by atoms with Gasteiger partial charge in [-0.25, -0.2) is 0 Å². The summed E-state index contributed by atoms with van der Waals surface area (Å²) in [5.74, 6) is 0. The number of hydrogen-bond donors (Lipinski definition) is 1. The van der Waals surface area contributed by atoms with Crippen LogP contribution in [0.15, 0.2) is 0 Å². The van der Waals surface area contributed by atoms with Crippen LogP contribution in [0.3, 0.4) is 0 Å². The molecule has 0 unspecified atom stereocenters. The number of halogens is 2. The van der Waals surface area contributed by atoms with E-state index in [-0.39, 0.29) is 0 Å². The van der Waals surface area contributed by atoms with Crippen molar-refractivity contribution < 1.29 is 0 Å². The molecular formula is C6H15Cl2NSn. The topological polar surface area (TPSA) is 26.0 Å². The van der Waals surface area contributed by atoms with Gasteiger partial charge in [0, 0.05) is 0 Å². The molecular weight excluding hydrogens is 276 g/mol. The fourth-order valence-electron chi connectivity index (χ4n) is 0.705. The van der Waals surface area contributed by atoms with E-state index in [1.165, 1.54) is 0 Å². The molecule has 0 atom stereocenters. The third-order valence-electron chi connectivity index (χ3n) is 1.51. The second-order valence-electron chi connectivity index (χ2n) is 2.46. The summed E-state index contributed by atoms with van der Waals surface area (Å²) in [6.07, 6.45) is 2.19. The van der Waals surface area contributed by atoms with Gasteiger partial charge in [-0.2, -0.15) is 0 Å². The van der Waals surface area contributed by atoms with Crippen molar-refractivity contribution in [3.05, 3.63) is 0 Å². The predicted octanol–water partition coefficient (Wildman–Crippen LogP) is 2.67. The Bertz CT molecular complexity index is 87.8. The summed E-state index contributed by atoms with van der Waals surface area (Å²) in [4.78, 5) is 0. The summed E-state index contributed by atoms with van der Waals surface area (Å²) in [5.41, 5.74) is 5.34. The Morgan fingerprint density at radius 1 is 1.30 bits per heavy atom. The van der Waals surface area contributed by atoms with Crippen LogP contribution in [0.2, 0.25) is 8.87 Å². The van der Waals surface area contributed by atoms with Gasteiger partial charge in [0.15, 0.2) is 0 Å². The molecule has 0 fully saturated rings. The Hall–Kier alpha value is 1.34. The van der Waals surface area contributed by atoms with Gasteiger partial charge < -0.3 is 0 Å². The first-order valence-electron chi connectivity index (χ1n) is 3.70. The van der Waals surface area contributed by atoms with Gasteiger partial charge in [0.25, 0.3) is 0 Å². The van der Waals surface area contributed by atoms with Gasteiger partial charge in [-0.05, 0) is 0 Å². The van der Waals surface area contributed by atoms with Crippen molar-refractivity contribution in [3.8, 4) is 0 Å². The molecule has 0 rings (SSSR count). The van der Waals surface area contributed by atoms with Gasteiger partial charge in [0.1, 0.15) is 0 Å². The molecule has 4 heteroatoms. The Labute approximate surface area is 74.6 Å². The standard InChI is InChI=1S/C4H10N.C2H5.2ClH.Sn/c1-2-3-4-5;1-2;;;/h1-5H2;1H2,2H3;2*1H;/q;;;;+2/p-2. The van der Waals surface area contributed by atoms with Gasteiger partial charge in [0.05, 0.1) is 0 Å². The first-order valence-corrected chi connectivity index (χ1v) is 15.0. The van der Waals surface area contributed by atoms with Crippen molar-refractivity contribution in [1.82, 2.24) is 0 Å². The predicted molar refractivity (Wildman–Crippen MR) is 51.0 cm³/mol. The molecule has 0 radical (unpaired) electrons. The van der Waals surface area contributed by atoms with E-state index in [4.69, 9.17) is 23.6 Å². The fraction of sp³-hybridized carbons (Fsp3) is 1.00. The number of hydrogen-bond acceptors (Lipinski definition) is 1. The molecule has 0 heterocycles. The van der Waals surface area contributed by atoms with Gasteiger partial charge in [-0.3, -0.25) is 0 Å². The first kappa shape index (κ1) is 11.3.